The zero-order valence-electron chi connectivity index (χ0n) is 14.1. The molecule has 1 saturated heterocycles. The van der Waals surface area contributed by atoms with Crippen LogP contribution in [0.25, 0.3) is 10.2 Å². The van der Waals surface area contributed by atoms with Gasteiger partial charge in [0.1, 0.15) is 14.0 Å². The summed E-state index contributed by atoms with van der Waals surface area (Å²) >= 11 is 1.67. The highest BCUT2D eigenvalue weighted by Gasteiger charge is 2.23. The van der Waals surface area contributed by atoms with E-state index in [4.69, 9.17) is 4.74 Å². The van der Waals surface area contributed by atoms with Gasteiger partial charge in [-0.1, -0.05) is 47.2 Å². The molecule has 1 aromatic heterocycles. The van der Waals surface area contributed by atoms with E-state index in [1.807, 2.05) is 0 Å². The van der Waals surface area contributed by atoms with Crippen molar-refractivity contribution in [1.82, 2.24) is 9.88 Å². The number of hydrogen-bond acceptors (Lipinski definition) is 4. The lowest BCUT2D eigenvalue weighted by molar-refractivity contribution is 0.0949. The Kier molecular flexibility index (Phi) is 4.72. The van der Waals surface area contributed by atoms with Crippen molar-refractivity contribution in [2.75, 3.05) is 19.6 Å². The number of fused-ring (bicyclic) bond motifs is 1. The Bertz CT molecular complexity index is 762. The van der Waals surface area contributed by atoms with Gasteiger partial charge in [-0.15, -0.1) is 0 Å². The van der Waals surface area contributed by atoms with Crippen LogP contribution >= 0.6 is 11.3 Å². The maximum Gasteiger partial charge on any atom is 0.274 e. The van der Waals surface area contributed by atoms with Crippen LogP contribution in [0, 0.1) is 5.92 Å². The van der Waals surface area contributed by atoms with Gasteiger partial charge >= 0.3 is 0 Å². The average Bonchev–Trinajstić information content (AvgIpc) is 2.99. The Labute approximate surface area is 148 Å². The number of rotatable bonds is 4. The zero-order chi connectivity index (χ0) is 16.4. The highest BCUT2D eigenvalue weighted by molar-refractivity contribution is 7.20. The third-order valence-corrected chi connectivity index (χ3v) is 5.80. The fraction of sp³-hybridized carbons (Fsp3) is 0.421. The first kappa shape index (κ1) is 15.9. The number of piperidine rings is 1. The van der Waals surface area contributed by atoms with Gasteiger partial charge < -0.3 is 9.64 Å². The van der Waals surface area contributed by atoms with Crippen molar-refractivity contribution in [3.63, 3.8) is 0 Å². The minimum absolute atomic E-state index is 0.310. The fourth-order valence-corrected chi connectivity index (χ4v) is 4.49. The molecule has 0 spiro atoms. The van der Waals surface area contributed by atoms with E-state index in [0.29, 0.717) is 12.0 Å². The molecule has 0 saturated carbocycles. The standard InChI is InChI=1S/C19H23BN2OS/c20-15-6-7-17-18(12-15)24-19(21-17)23-16-8-10-22(11-9-16)13-14-4-2-1-3-5-14/h1-4,6-7,12,14,16H,5,8-11,13,20H2. The lowest BCUT2D eigenvalue weighted by Gasteiger charge is -2.33. The summed E-state index contributed by atoms with van der Waals surface area (Å²) in [5.41, 5.74) is 2.33. The van der Waals surface area contributed by atoms with E-state index < -0.39 is 0 Å². The number of aromatic nitrogens is 1. The van der Waals surface area contributed by atoms with Gasteiger partial charge in [-0.05, 0) is 37.3 Å². The summed E-state index contributed by atoms with van der Waals surface area (Å²) in [5.74, 6) is 0.681. The second kappa shape index (κ2) is 7.12. The van der Waals surface area contributed by atoms with Crippen LogP contribution in [0.2, 0.25) is 0 Å². The third-order valence-electron chi connectivity index (χ3n) is 4.89. The molecule has 4 rings (SSSR count). The molecule has 124 valence electrons. The highest BCUT2D eigenvalue weighted by atomic mass is 32.1. The largest absolute Gasteiger partial charge is 0.467 e. The zero-order valence-corrected chi connectivity index (χ0v) is 15.0. The van der Waals surface area contributed by atoms with Gasteiger partial charge in [-0.2, -0.15) is 0 Å². The molecule has 0 bridgehead atoms. The van der Waals surface area contributed by atoms with Gasteiger partial charge in [0, 0.05) is 19.6 Å². The van der Waals surface area contributed by atoms with Crippen LogP contribution in [0.15, 0.2) is 42.5 Å². The number of thiazole rings is 1. The molecule has 0 radical (unpaired) electrons. The summed E-state index contributed by atoms with van der Waals surface area (Å²) in [5, 5.41) is 0.828. The van der Waals surface area contributed by atoms with E-state index in [1.165, 1.54) is 23.1 Å². The van der Waals surface area contributed by atoms with Crippen molar-refractivity contribution in [3.05, 3.63) is 42.5 Å². The maximum absolute atomic E-state index is 6.17. The van der Waals surface area contributed by atoms with Crippen LogP contribution in [-0.4, -0.2) is 43.5 Å². The van der Waals surface area contributed by atoms with Gasteiger partial charge in [0.15, 0.2) is 0 Å². The van der Waals surface area contributed by atoms with Crippen LogP contribution in [0.3, 0.4) is 0 Å². The molecule has 5 heteroatoms. The quantitative estimate of drug-likeness (QED) is 0.801. The minimum atomic E-state index is 0.310. The summed E-state index contributed by atoms with van der Waals surface area (Å²) in [6.45, 7) is 3.43. The van der Waals surface area contributed by atoms with E-state index in [-0.39, 0.29) is 0 Å². The van der Waals surface area contributed by atoms with Crippen LogP contribution < -0.4 is 10.2 Å². The smallest absolute Gasteiger partial charge is 0.274 e. The molecule has 0 N–H and O–H groups in total. The van der Waals surface area contributed by atoms with Crippen molar-refractivity contribution in [3.8, 4) is 5.19 Å². The van der Waals surface area contributed by atoms with Crippen molar-refractivity contribution >= 4 is 34.9 Å². The Hall–Kier alpha value is -1.59. The molecule has 0 amide bonds. The average molecular weight is 338 g/mol. The third kappa shape index (κ3) is 3.73. The van der Waals surface area contributed by atoms with Crippen LogP contribution in [0.4, 0.5) is 0 Å². The number of likely N-dealkylation sites (tertiary alicyclic amines) is 1. The summed E-state index contributed by atoms with van der Waals surface area (Å²) in [7, 11) is 2.12. The summed E-state index contributed by atoms with van der Waals surface area (Å²) in [6.07, 6.45) is 12.6. The fourth-order valence-electron chi connectivity index (χ4n) is 3.51. The number of nitrogens with zero attached hydrogens (tertiary/aromatic N) is 2. The van der Waals surface area contributed by atoms with Crippen LogP contribution in [0.1, 0.15) is 19.3 Å². The SMILES string of the molecule is Bc1ccc2nc(OC3CCN(CC4C=CC=CC4)CC3)sc2c1. The molecule has 1 atom stereocenters. The molecular weight excluding hydrogens is 315 g/mol. The normalized spacial score (nSPS) is 22.2. The topological polar surface area (TPSA) is 25.4 Å². The predicted octanol–water partition coefficient (Wildman–Crippen LogP) is 2.53. The first-order valence-corrected chi connectivity index (χ1v) is 9.67. The highest BCUT2D eigenvalue weighted by Crippen LogP contribution is 2.29. The number of benzene rings is 1. The van der Waals surface area contributed by atoms with E-state index in [1.54, 1.807) is 11.3 Å². The van der Waals surface area contributed by atoms with Crippen LogP contribution in [-0.2, 0) is 0 Å². The van der Waals surface area contributed by atoms with E-state index >= 15 is 0 Å². The minimum Gasteiger partial charge on any atom is -0.467 e. The number of allylic oxidation sites excluding steroid dienone is 3. The monoisotopic (exact) mass is 338 g/mol. The van der Waals surface area contributed by atoms with Crippen molar-refractivity contribution < 1.29 is 4.74 Å². The van der Waals surface area contributed by atoms with Gasteiger partial charge in [-0.25, -0.2) is 4.98 Å². The molecule has 24 heavy (non-hydrogen) atoms. The number of ether oxygens (including phenoxy) is 1. The lowest BCUT2D eigenvalue weighted by atomic mass is 9.97. The maximum atomic E-state index is 6.17. The Morgan fingerprint density at radius 3 is 2.92 bits per heavy atom. The molecule has 2 heterocycles. The van der Waals surface area contributed by atoms with Crippen molar-refractivity contribution in [2.24, 2.45) is 5.92 Å². The molecular formula is C19H23BN2OS. The van der Waals surface area contributed by atoms with E-state index in [9.17, 15) is 0 Å². The van der Waals surface area contributed by atoms with E-state index in [2.05, 4.69) is 60.2 Å². The molecule has 3 nitrogen and oxygen atoms in total. The molecule has 1 aliphatic carbocycles. The number of hydrogen-bond donors (Lipinski definition) is 0. The van der Waals surface area contributed by atoms with Crippen molar-refractivity contribution in [2.45, 2.75) is 25.4 Å². The van der Waals surface area contributed by atoms with Gasteiger partial charge in [0.05, 0.1) is 10.2 Å². The molecule has 1 fully saturated rings. The predicted molar refractivity (Wildman–Crippen MR) is 104 cm³/mol. The summed E-state index contributed by atoms with van der Waals surface area (Å²) in [4.78, 5) is 7.21. The molecule has 1 aromatic carbocycles. The Morgan fingerprint density at radius 1 is 1.25 bits per heavy atom. The first-order chi connectivity index (χ1) is 11.8. The van der Waals surface area contributed by atoms with Gasteiger partial charge in [-0.3, -0.25) is 0 Å². The molecule has 1 unspecified atom stereocenters. The van der Waals surface area contributed by atoms with Crippen LogP contribution in [0.5, 0.6) is 5.19 Å². The molecule has 1 aliphatic heterocycles. The van der Waals surface area contributed by atoms with Gasteiger partial charge in [0.25, 0.3) is 5.19 Å². The summed E-state index contributed by atoms with van der Waals surface area (Å²) in [6, 6.07) is 6.39. The Balaban J connectivity index is 1.30. The van der Waals surface area contributed by atoms with Crippen molar-refractivity contribution in [1.29, 1.82) is 0 Å². The second-order valence-corrected chi connectivity index (χ2v) is 7.87. The summed E-state index contributed by atoms with van der Waals surface area (Å²) < 4.78 is 7.40. The van der Waals surface area contributed by atoms with E-state index in [0.717, 1.165) is 36.6 Å². The Morgan fingerprint density at radius 2 is 2.12 bits per heavy atom. The lowest BCUT2D eigenvalue weighted by Crippen LogP contribution is -2.40. The van der Waals surface area contributed by atoms with Gasteiger partial charge in [0.2, 0.25) is 0 Å². The molecule has 2 aromatic rings. The molecule has 2 aliphatic rings. The second-order valence-electron chi connectivity index (χ2n) is 6.88. The first-order valence-electron chi connectivity index (χ1n) is 8.86.